The van der Waals surface area contributed by atoms with E-state index in [1.807, 2.05) is 54.6 Å². The number of hydrogen-bond acceptors (Lipinski definition) is 3. The number of para-hydroxylation sites is 1. The Balaban J connectivity index is 1.58. The lowest BCUT2D eigenvalue weighted by molar-refractivity contribution is 0.0954. The van der Waals surface area contributed by atoms with Gasteiger partial charge in [-0.25, -0.2) is 4.68 Å². The van der Waals surface area contributed by atoms with E-state index in [4.69, 9.17) is 0 Å². The molecule has 1 amide bonds. The molecule has 2 aromatic carbocycles. The summed E-state index contributed by atoms with van der Waals surface area (Å²) in [4.78, 5) is 17.1. The molecule has 2 aromatic heterocycles. The first-order valence-corrected chi connectivity index (χ1v) is 9.60. The number of aryl methyl sites for hydroxylation is 1. The van der Waals surface area contributed by atoms with Crippen LogP contribution in [0.15, 0.2) is 85.3 Å². The van der Waals surface area contributed by atoms with Crippen molar-refractivity contribution >= 4 is 5.91 Å². The maximum atomic E-state index is 13.0. The van der Waals surface area contributed by atoms with E-state index in [-0.39, 0.29) is 5.91 Å². The Kier molecular flexibility index (Phi) is 5.47. The zero-order valence-corrected chi connectivity index (χ0v) is 16.2. The van der Waals surface area contributed by atoms with E-state index < -0.39 is 0 Å². The number of rotatable bonds is 6. The third-order valence-electron chi connectivity index (χ3n) is 4.86. The summed E-state index contributed by atoms with van der Waals surface area (Å²) in [6.45, 7) is 2.65. The Labute approximate surface area is 170 Å². The predicted octanol–water partition coefficient (Wildman–Crippen LogP) is 4.22. The molecule has 144 valence electrons. The number of nitrogens with one attached hydrogen (secondary N) is 1. The summed E-state index contributed by atoms with van der Waals surface area (Å²) in [6, 6.07) is 21.7. The monoisotopic (exact) mass is 382 g/mol. The van der Waals surface area contributed by atoms with Crippen molar-refractivity contribution in [2.45, 2.75) is 13.3 Å². The third-order valence-corrected chi connectivity index (χ3v) is 4.86. The highest BCUT2D eigenvalue weighted by Gasteiger charge is 2.18. The lowest BCUT2D eigenvalue weighted by Crippen LogP contribution is -2.26. The van der Waals surface area contributed by atoms with Gasteiger partial charge in [0.25, 0.3) is 5.91 Å². The fourth-order valence-electron chi connectivity index (χ4n) is 3.27. The maximum Gasteiger partial charge on any atom is 0.255 e. The number of hydrogen-bond donors (Lipinski definition) is 1. The van der Waals surface area contributed by atoms with E-state index in [1.54, 1.807) is 23.3 Å². The molecule has 0 aliphatic carbocycles. The first-order chi connectivity index (χ1) is 14.2. The molecule has 0 aliphatic heterocycles. The van der Waals surface area contributed by atoms with Crippen molar-refractivity contribution in [1.29, 1.82) is 0 Å². The fraction of sp³-hybridized carbons (Fsp3) is 0.125. The molecule has 0 fully saturated rings. The molecule has 0 spiro atoms. The Bertz CT molecular complexity index is 1100. The van der Waals surface area contributed by atoms with Gasteiger partial charge in [-0.3, -0.25) is 9.78 Å². The van der Waals surface area contributed by atoms with Crippen molar-refractivity contribution in [2.75, 3.05) is 6.54 Å². The van der Waals surface area contributed by atoms with Crippen molar-refractivity contribution in [1.82, 2.24) is 20.1 Å². The van der Waals surface area contributed by atoms with Crippen LogP contribution in [0, 0.1) is 6.92 Å². The summed E-state index contributed by atoms with van der Waals surface area (Å²) in [5.74, 6) is -0.139. The summed E-state index contributed by atoms with van der Waals surface area (Å²) in [5.41, 5.74) is 5.33. The smallest absolute Gasteiger partial charge is 0.255 e. The summed E-state index contributed by atoms with van der Waals surface area (Å²) in [7, 11) is 0. The normalized spacial score (nSPS) is 10.7. The van der Waals surface area contributed by atoms with E-state index in [0.717, 1.165) is 17.7 Å². The van der Waals surface area contributed by atoms with E-state index in [1.165, 1.54) is 11.1 Å². The van der Waals surface area contributed by atoms with Crippen LogP contribution in [0.2, 0.25) is 0 Å². The second-order valence-corrected chi connectivity index (χ2v) is 6.85. The standard InChI is InChI=1S/C24H22N4O/c1-18-8-5-6-9-19(18)13-15-26-24(29)22-17-28(21-11-3-2-4-12-21)27-23(22)20-10-7-14-25-16-20/h2-12,14,16-17H,13,15H2,1H3,(H,26,29). The molecule has 0 bridgehead atoms. The molecule has 2 heterocycles. The first kappa shape index (κ1) is 18.6. The minimum Gasteiger partial charge on any atom is -0.352 e. The Hall–Kier alpha value is -3.73. The molecule has 0 aliphatic rings. The van der Waals surface area contributed by atoms with Gasteiger partial charge in [-0.2, -0.15) is 5.10 Å². The van der Waals surface area contributed by atoms with Crippen molar-refractivity contribution in [3.05, 3.63) is 102 Å². The van der Waals surface area contributed by atoms with Crippen molar-refractivity contribution in [3.63, 3.8) is 0 Å². The Morgan fingerprint density at radius 1 is 1.00 bits per heavy atom. The Morgan fingerprint density at radius 2 is 1.79 bits per heavy atom. The average Bonchev–Trinajstić information content (AvgIpc) is 3.22. The van der Waals surface area contributed by atoms with Crippen LogP contribution in [-0.4, -0.2) is 27.2 Å². The summed E-state index contributed by atoms with van der Waals surface area (Å²) in [6.07, 6.45) is 6.00. The van der Waals surface area contributed by atoms with Gasteiger partial charge < -0.3 is 5.32 Å². The van der Waals surface area contributed by atoms with E-state index in [0.29, 0.717) is 17.8 Å². The van der Waals surface area contributed by atoms with Crippen molar-refractivity contribution in [2.24, 2.45) is 0 Å². The van der Waals surface area contributed by atoms with E-state index in [2.05, 4.69) is 34.5 Å². The molecule has 0 saturated carbocycles. The first-order valence-electron chi connectivity index (χ1n) is 9.60. The van der Waals surface area contributed by atoms with Gasteiger partial charge in [-0.15, -0.1) is 0 Å². The van der Waals surface area contributed by atoms with Crippen LogP contribution >= 0.6 is 0 Å². The van der Waals surface area contributed by atoms with Crippen LogP contribution in [0.1, 0.15) is 21.5 Å². The van der Waals surface area contributed by atoms with Crippen molar-refractivity contribution < 1.29 is 4.79 Å². The predicted molar refractivity (Wildman–Crippen MR) is 114 cm³/mol. The molecular weight excluding hydrogens is 360 g/mol. The number of benzene rings is 2. The minimum atomic E-state index is -0.139. The van der Waals surface area contributed by atoms with Gasteiger partial charge in [0.05, 0.1) is 11.3 Å². The number of nitrogens with zero attached hydrogens (tertiary/aromatic N) is 3. The van der Waals surface area contributed by atoms with Gasteiger partial charge >= 0.3 is 0 Å². The zero-order chi connectivity index (χ0) is 20.1. The topological polar surface area (TPSA) is 59.8 Å². The maximum absolute atomic E-state index is 13.0. The van der Waals surface area contributed by atoms with Crippen LogP contribution in [0.4, 0.5) is 0 Å². The fourth-order valence-corrected chi connectivity index (χ4v) is 3.27. The van der Waals surface area contributed by atoms with Gasteiger partial charge in [0.1, 0.15) is 5.69 Å². The van der Waals surface area contributed by atoms with Crippen molar-refractivity contribution in [3.8, 4) is 16.9 Å². The number of pyridine rings is 1. The number of carbonyl (C=O) groups is 1. The van der Waals surface area contributed by atoms with Crippen LogP contribution < -0.4 is 5.32 Å². The van der Waals surface area contributed by atoms with Gasteiger partial charge in [0.2, 0.25) is 0 Å². The molecule has 0 saturated heterocycles. The van der Waals surface area contributed by atoms with E-state index in [9.17, 15) is 4.79 Å². The van der Waals surface area contributed by atoms with Gasteiger partial charge in [0.15, 0.2) is 0 Å². The van der Waals surface area contributed by atoms with Crippen LogP contribution in [0.3, 0.4) is 0 Å². The SMILES string of the molecule is Cc1ccccc1CCNC(=O)c1cn(-c2ccccc2)nc1-c1cccnc1. The summed E-state index contributed by atoms with van der Waals surface area (Å²) in [5, 5.41) is 7.70. The molecule has 4 aromatic rings. The molecule has 5 nitrogen and oxygen atoms in total. The Morgan fingerprint density at radius 3 is 2.55 bits per heavy atom. The minimum absolute atomic E-state index is 0.139. The van der Waals surface area contributed by atoms with Crippen LogP contribution in [-0.2, 0) is 6.42 Å². The summed E-state index contributed by atoms with van der Waals surface area (Å²) < 4.78 is 1.73. The number of carbonyl (C=O) groups excluding carboxylic acids is 1. The lowest BCUT2D eigenvalue weighted by Gasteiger charge is -2.07. The lowest BCUT2D eigenvalue weighted by atomic mass is 10.1. The highest BCUT2D eigenvalue weighted by atomic mass is 16.1. The molecule has 4 rings (SSSR count). The van der Waals surface area contributed by atoms with Crippen LogP contribution in [0.5, 0.6) is 0 Å². The quantitative estimate of drug-likeness (QED) is 0.543. The van der Waals surface area contributed by atoms with Gasteiger partial charge in [-0.05, 0) is 48.7 Å². The average molecular weight is 382 g/mol. The number of amides is 1. The molecule has 0 radical (unpaired) electrons. The molecule has 0 atom stereocenters. The molecule has 1 N–H and O–H groups in total. The highest BCUT2D eigenvalue weighted by molar-refractivity contribution is 5.99. The molecule has 29 heavy (non-hydrogen) atoms. The highest BCUT2D eigenvalue weighted by Crippen LogP contribution is 2.23. The third kappa shape index (κ3) is 4.24. The largest absolute Gasteiger partial charge is 0.352 e. The van der Waals surface area contributed by atoms with Crippen LogP contribution in [0.25, 0.3) is 16.9 Å². The zero-order valence-electron chi connectivity index (χ0n) is 16.2. The second kappa shape index (κ2) is 8.52. The molecular formula is C24H22N4O. The summed E-state index contributed by atoms with van der Waals surface area (Å²) >= 11 is 0. The number of aromatic nitrogens is 3. The molecule has 5 heteroatoms. The second-order valence-electron chi connectivity index (χ2n) is 6.85. The van der Waals surface area contributed by atoms with Gasteiger partial charge in [-0.1, -0.05) is 42.5 Å². The van der Waals surface area contributed by atoms with E-state index >= 15 is 0 Å². The molecule has 0 unspecified atom stereocenters. The van der Waals surface area contributed by atoms with Gasteiger partial charge in [0, 0.05) is 30.7 Å².